The second kappa shape index (κ2) is 5.57. The molecule has 0 heterocycles. The number of methoxy groups -OCH3 is 1. The van der Waals surface area contributed by atoms with Crippen LogP contribution in [-0.2, 0) is 0 Å². The van der Waals surface area contributed by atoms with Crippen LogP contribution in [0.15, 0.2) is 71.7 Å². The Morgan fingerprint density at radius 2 is 1.70 bits per heavy atom. The Balaban J connectivity index is 1.98. The molecular formula is C18H15NO. The Labute approximate surface area is 118 Å². The summed E-state index contributed by atoms with van der Waals surface area (Å²) in [5.41, 5.74) is 2.00. The average molecular weight is 261 g/mol. The van der Waals surface area contributed by atoms with E-state index in [0.29, 0.717) is 0 Å². The Kier molecular flexibility index (Phi) is 3.46. The molecule has 0 saturated heterocycles. The van der Waals surface area contributed by atoms with E-state index < -0.39 is 0 Å². The van der Waals surface area contributed by atoms with Gasteiger partial charge in [0, 0.05) is 11.6 Å². The van der Waals surface area contributed by atoms with Crippen molar-refractivity contribution in [2.45, 2.75) is 0 Å². The Hall–Kier alpha value is -2.61. The molecule has 0 aliphatic heterocycles. The molecule has 0 fully saturated rings. The van der Waals surface area contributed by atoms with Gasteiger partial charge in [-0.05, 0) is 29.1 Å². The molecule has 0 atom stereocenters. The number of hydrogen-bond donors (Lipinski definition) is 0. The fraction of sp³-hybridized carbons (Fsp3) is 0.0556. The topological polar surface area (TPSA) is 21.6 Å². The van der Waals surface area contributed by atoms with Gasteiger partial charge in [0.25, 0.3) is 0 Å². The molecule has 0 aliphatic carbocycles. The van der Waals surface area contributed by atoms with E-state index in [1.165, 1.54) is 5.39 Å². The predicted molar refractivity (Wildman–Crippen MR) is 84.2 cm³/mol. The van der Waals surface area contributed by atoms with E-state index >= 15 is 0 Å². The third kappa shape index (κ3) is 2.54. The van der Waals surface area contributed by atoms with Crippen molar-refractivity contribution < 1.29 is 4.74 Å². The van der Waals surface area contributed by atoms with Gasteiger partial charge in [0.15, 0.2) is 0 Å². The third-order valence-corrected chi connectivity index (χ3v) is 3.21. The van der Waals surface area contributed by atoms with Gasteiger partial charge in [0.1, 0.15) is 5.75 Å². The minimum atomic E-state index is 0.840. The van der Waals surface area contributed by atoms with Crippen LogP contribution in [0.5, 0.6) is 5.75 Å². The Morgan fingerprint density at radius 3 is 2.60 bits per heavy atom. The van der Waals surface area contributed by atoms with Gasteiger partial charge in [-0.1, -0.05) is 48.5 Å². The molecule has 3 aromatic rings. The number of aliphatic imine (C=N–C) groups is 1. The van der Waals surface area contributed by atoms with Crippen LogP contribution in [0.1, 0.15) is 5.56 Å². The molecular weight excluding hydrogens is 246 g/mol. The number of nitrogens with zero attached hydrogens (tertiary/aromatic N) is 1. The summed E-state index contributed by atoms with van der Waals surface area (Å²) in [4.78, 5) is 4.60. The molecule has 98 valence electrons. The van der Waals surface area contributed by atoms with Gasteiger partial charge in [0.05, 0.1) is 12.8 Å². The van der Waals surface area contributed by atoms with E-state index in [2.05, 4.69) is 23.2 Å². The monoisotopic (exact) mass is 261 g/mol. The maximum atomic E-state index is 5.22. The molecule has 3 rings (SSSR count). The van der Waals surface area contributed by atoms with E-state index in [4.69, 9.17) is 4.74 Å². The van der Waals surface area contributed by atoms with Crippen LogP contribution in [0.4, 0.5) is 5.69 Å². The maximum Gasteiger partial charge on any atom is 0.119 e. The van der Waals surface area contributed by atoms with Crippen LogP contribution in [-0.4, -0.2) is 13.3 Å². The Morgan fingerprint density at radius 1 is 0.900 bits per heavy atom. The molecule has 0 amide bonds. The van der Waals surface area contributed by atoms with Gasteiger partial charge < -0.3 is 4.74 Å². The first-order valence-corrected chi connectivity index (χ1v) is 6.53. The zero-order valence-corrected chi connectivity index (χ0v) is 11.3. The minimum absolute atomic E-state index is 0.840. The molecule has 0 unspecified atom stereocenters. The molecule has 0 saturated carbocycles. The first kappa shape index (κ1) is 12.4. The molecule has 2 heteroatoms. The second-order valence-corrected chi connectivity index (χ2v) is 4.53. The second-order valence-electron chi connectivity index (χ2n) is 4.53. The summed E-state index contributed by atoms with van der Waals surface area (Å²) < 4.78 is 5.22. The molecule has 0 radical (unpaired) electrons. The number of fused-ring (bicyclic) bond motifs is 1. The van der Waals surface area contributed by atoms with Gasteiger partial charge in [-0.2, -0.15) is 0 Å². The molecule has 0 aromatic heterocycles. The summed E-state index contributed by atoms with van der Waals surface area (Å²) in [6.45, 7) is 0. The van der Waals surface area contributed by atoms with Gasteiger partial charge in [0.2, 0.25) is 0 Å². The zero-order chi connectivity index (χ0) is 13.8. The van der Waals surface area contributed by atoms with Crippen molar-refractivity contribution in [2.75, 3.05) is 7.11 Å². The summed E-state index contributed by atoms with van der Waals surface area (Å²) >= 11 is 0. The lowest BCUT2D eigenvalue weighted by Gasteiger charge is -2.02. The lowest BCUT2D eigenvalue weighted by molar-refractivity contribution is 0.415. The summed E-state index contributed by atoms with van der Waals surface area (Å²) in [5, 5.41) is 2.36. The fourth-order valence-corrected chi connectivity index (χ4v) is 2.19. The average Bonchev–Trinajstić information content (AvgIpc) is 2.53. The number of ether oxygens (including phenoxy) is 1. The SMILES string of the molecule is COc1cccc(C=Nc2cccc3ccccc23)c1. The fourth-order valence-electron chi connectivity index (χ4n) is 2.19. The highest BCUT2D eigenvalue weighted by Crippen LogP contribution is 2.25. The first-order valence-electron chi connectivity index (χ1n) is 6.53. The zero-order valence-electron chi connectivity index (χ0n) is 11.3. The largest absolute Gasteiger partial charge is 0.497 e. The van der Waals surface area contributed by atoms with E-state index in [1.54, 1.807) is 7.11 Å². The predicted octanol–water partition coefficient (Wildman–Crippen LogP) is 4.60. The van der Waals surface area contributed by atoms with Crippen molar-refractivity contribution in [2.24, 2.45) is 4.99 Å². The summed E-state index contributed by atoms with van der Waals surface area (Å²) in [7, 11) is 1.67. The van der Waals surface area contributed by atoms with Crippen molar-refractivity contribution in [3.05, 3.63) is 72.3 Å². The number of rotatable bonds is 3. The van der Waals surface area contributed by atoms with E-state index in [9.17, 15) is 0 Å². The van der Waals surface area contributed by atoms with Crippen molar-refractivity contribution >= 4 is 22.7 Å². The third-order valence-electron chi connectivity index (χ3n) is 3.21. The first-order chi connectivity index (χ1) is 9.86. The highest BCUT2D eigenvalue weighted by Gasteiger charge is 1.98. The lowest BCUT2D eigenvalue weighted by atomic mass is 10.1. The van der Waals surface area contributed by atoms with Crippen LogP contribution in [0.2, 0.25) is 0 Å². The minimum Gasteiger partial charge on any atom is -0.497 e. The van der Waals surface area contributed by atoms with Crippen molar-refractivity contribution in [1.82, 2.24) is 0 Å². The molecule has 0 spiro atoms. The smallest absolute Gasteiger partial charge is 0.119 e. The maximum absolute atomic E-state index is 5.22. The van der Waals surface area contributed by atoms with Gasteiger partial charge >= 0.3 is 0 Å². The lowest BCUT2D eigenvalue weighted by Crippen LogP contribution is -1.85. The van der Waals surface area contributed by atoms with Crippen LogP contribution in [0, 0.1) is 0 Å². The molecule has 20 heavy (non-hydrogen) atoms. The van der Waals surface area contributed by atoms with Crippen molar-refractivity contribution in [3.8, 4) is 5.75 Å². The molecule has 0 bridgehead atoms. The summed E-state index contributed by atoms with van der Waals surface area (Å²) in [6.07, 6.45) is 1.87. The number of hydrogen-bond acceptors (Lipinski definition) is 2. The molecule has 0 aliphatic rings. The Bertz CT molecular complexity index is 757. The highest BCUT2D eigenvalue weighted by molar-refractivity contribution is 5.95. The molecule has 0 N–H and O–H groups in total. The van der Waals surface area contributed by atoms with Crippen LogP contribution in [0.3, 0.4) is 0 Å². The van der Waals surface area contributed by atoms with Crippen molar-refractivity contribution in [1.29, 1.82) is 0 Å². The van der Waals surface area contributed by atoms with E-state index in [1.807, 2.05) is 54.7 Å². The van der Waals surface area contributed by atoms with E-state index in [-0.39, 0.29) is 0 Å². The van der Waals surface area contributed by atoms with Gasteiger partial charge in [-0.25, -0.2) is 0 Å². The van der Waals surface area contributed by atoms with Gasteiger partial charge in [-0.15, -0.1) is 0 Å². The molecule has 3 aromatic carbocycles. The van der Waals surface area contributed by atoms with Crippen LogP contribution >= 0.6 is 0 Å². The standard InChI is InChI=1S/C18H15NO/c1-20-16-9-4-6-14(12-16)13-19-18-11-5-8-15-7-2-3-10-17(15)18/h2-13H,1H3. The van der Waals surface area contributed by atoms with Crippen molar-refractivity contribution in [3.63, 3.8) is 0 Å². The van der Waals surface area contributed by atoms with E-state index in [0.717, 1.165) is 22.4 Å². The quantitative estimate of drug-likeness (QED) is 0.631. The number of benzene rings is 3. The summed E-state index contributed by atoms with van der Waals surface area (Å²) in [5.74, 6) is 0.840. The van der Waals surface area contributed by atoms with Crippen LogP contribution < -0.4 is 4.74 Å². The summed E-state index contributed by atoms with van der Waals surface area (Å²) in [6, 6.07) is 22.3. The van der Waals surface area contributed by atoms with Crippen LogP contribution in [0.25, 0.3) is 10.8 Å². The molecule has 2 nitrogen and oxygen atoms in total. The highest BCUT2D eigenvalue weighted by atomic mass is 16.5. The van der Waals surface area contributed by atoms with Gasteiger partial charge in [-0.3, -0.25) is 4.99 Å². The normalized spacial score (nSPS) is 11.1.